The van der Waals surface area contributed by atoms with Crippen molar-refractivity contribution in [2.75, 3.05) is 19.7 Å². The van der Waals surface area contributed by atoms with Gasteiger partial charge in [0, 0.05) is 72.3 Å². The molecule has 2 aliphatic heterocycles. The van der Waals surface area contributed by atoms with Gasteiger partial charge in [-0.3, -0.25) is 19.6 Å². The summed E-state index contributed by atoms with van der Waals surface area (Å²) in [5.41, 5.74) is 2.82. The second-order valence-electron chi connectivity index (χ2n) is 11.6. The number of carboxylic acids is 1. The van der Waals surface area contributed by atoms with Crippen molar-refractivity contribution in [3.05, 3.63) is 83.4 Å². The zero-order valence-electron chi connectivity index (χ0n) is 23.8. The number of hydrogen-bond donors (Lipinski definition) is 1. The number of carbonyl (C=O) groups excluding carboxylic acids is 2. The molecule has 1 spiro atoms. The van der Waals surface area contributed by atoms with Gasteiger partial charge in [0.1, 0.15) is 17.1 Å². The summed E-state index contributed by atoms with van der Waals surface area (Å²) >= 11 is 0. The molecule has 1 N–H and O–H groups in total. The number of carboxylic acid groups (broad SMARTS) is 1. The van der Waals surface area contributed by atoms with Gasteiger partial charge in [-0.1, -0.05) is 6.07 Å². The second kappa shape index (κ2) is 12.0. The van der Waals surface area contributed by atoms with Crippen LogP contribution < -0.4 is 9.47 Å². The monoisotopic (exact) mass is 601 g/mol. The standard InChI is InChI=1S/C34H31N3O6.Na.H/c1-2-42-30-16-22(15-26-25(30)7-10-36-31(26)20-3-4-20)32(39)37-11-8-34(9-12-37)17-28(38)27-14-21(5-6-29(27)43-34)23-13-24(33(40)41)19-35-18-23;;/h5-7,10,13-16,18-20H,2-4,8-9,11-12,17H2,1H3,(H,40,41);;. The fraction of sp³-hybridized carbons (Fsp3) is 0.324. The molecule has 0 atom stereocenters. The average molecular weight is 602 g/mol. The molecule has 0 bridgehead atoms. The van der Waals surface area contributed by atoms with Gasteiger partial charge < -0.3 is 19.5 Å². The molecule has 10 heteroatoms. The molecule has 4 aromatic rings. The van der Waals surface area contributed by atoms with Crippen LogP contribution in [-0.4, -0.2) is 92.5 Å². The van der Waals surface area contributed by atoms with Crippen molar-refractivity contribution in [2.45, 2.75) is 50.5 Å². The second-order valence-corrected chi connectivity index (χ2v) is 11.6. The predicted octanol–water partition coefficient (Wildman–Crippen LogP) is 5.26. The third-order valence-electron chi connectivity index (χ3n) is 8.75. The van der Waals surface area contributed by atoms with Gasteiger partial charge in [0.15, 0.2) is 5.78 Å². The Labute approximate surface area is 276 Å². The van der Waals surface area contributed by atoms with Crippen molar-refractivity contribution in [3.8, 4) is 22.6 Å². The Morgan fingerprint density at radius 3 is 2.55 bits per heavy atom. The Kier molecular flexibility index (Phi) is 8.22. The predicted molar refractivity (Wildman–Crippen MR) is 166 cm³/mol. The maximum atomic E-state index is 13.8. The zero-order valence-corrected chi connectivity index (χ0v) is 23.8. The fourth-order valence-electron chi connectivity index (χ4n) is 6.32. The van der Waals surface area contributed by atoms with Crippen molar-refractivity contribution in [1.82, 2.24) is 14.9 Å². The number of nitrogens with zero attached hydrogens (tertiary/aromatic N) is 3. The summed E-state index contributed by atoms with van der Waals surface area (Å²) in [7, 11) is 0. The number of piperidine rings is 1. The third-order valence-corrected chi connectivity index (χ3v) is 8.75. The molecule has 1 saturated heterocycles. The van der Waals surface area contributed by atoms with Crippen molar-refractivity contribution < 1.29 is 29.0 Å². The van der Waals surface area contributed by atoms with E-state index in [1.54, 1.807) is 18.3 Å². The number of rotatable bonds is 6. The van der Waals surface area contributed by atoms with Crippen LogP contribution in [0, 0.1) is 0 Å². The number of benzene rings is 2. The van der Waals surface area contributed by atoms with E-state index in [2.05, 4.69) is 9.97 Å². The number of Topliss-reactive ketones (excluding diaryl/α,β-unsaturated/α-hetero) is 1. The van der Waals surface area contributed by atoms with Gasteiger partial charge in [0.2, 0.25) is 0 Å². The van der Waals surface area contributed by atoms with Crippen LogP contribution in [0.4, 0.5) is 0 Å². The molecule has 44 heavy (non-hydrogen) atoms. The molecule has 2 aromatic carbocycles. The molecule has 7 rings (SSSR count). The number of likely N-dealkylation sites (tertiary alicyclic amines) is 1. The minimum atomic E-state index is -1.06. The van der Waals surface area contributed by atoms with Gasteiger partial charge in [0.25, 0.3) is 5.91 Å². The molecule has 2 fully saturated rings. The zero-order chi connectivity index (χ0) is 29.7. The van der Waals surface area contributed by atoms with E-state index in [1.165, 1.54) is 12.3 Å². The Hall–Kier alpha value is -3.79. The van der Waals surface area contributed by atoms with E-state index >= 15 is 0 Å². The molecule has 1 amide bonds. The summed E-state index contributed by atoms with van der Waals surface area (Å²) in [4.78, 5) is 49.0. The molecule has 1 aliphatic carbocycles. The Balaban J connectivity index is 0.00000343. The maximum absolute atomic E-state index is 13.8. The summed E-state index contributed by atoms with van der Waals surface area (Å²) in [5.74, 6) is 0.495. The average Bonchev–Trinajstić information content (AvgIpc) is 3.86. The Morgan fingerprint density at radius 1 is 1.02 bits per heavy atom. The first kappa shape index (κ1) is 30.2. The quantitative estimate of drug-likeness (QED) is 0.297. The first-order valence-electron chi connectivity index (χ1n) is 14.7. The molecule has 0 unspecified atom stereocenters. The summed E-state index contributed by atoms with van der Waals surface area (Å²) in [5, 5.41) is 11.3. The van der Waals surface area contributed by atoms with Gasteiger partial charge in [-0.2, -0.15) is 0 Å². The summed E-state index contributed by atoms with van der Waals surface area (Å²) in [6.45, 7) is 3.38. The summed E-state index contributed by atoms with van der Waals surface area (Å²) < 4.78 is 12.4. The van der Waals surface area contributed by atoms with E-state index in [-0.39, 0.29) is 53.2 Å². The topological polar surface area (TPSA) is 119 Å². The fourth-order valence-corrected chi connectivity index (χ4v) is 6.32. The van der Waals surface area contributed by atoms with E-state index in [0.29, 0.717) is 72.2 Å². The number of amides is 1. The van der Waals surface area contributed by atoms with Crippen LogP contribution in [0.25, 0.3) is 21.9 Å². The van der Waals surface area contributed by atoms with Crippen molar-refractivity contribution in [3.63, 3.8) is 0 Å². The van der Waals surface area contributed by atoms with Crippen molar-refractivity contribution in [2.24, 2.45) is 0 Å². The van der Waals surface area contributed by atoms with Gasteiger partial charge in [-0.05, 0) is 61.7 Å². The number of ether oxygens (including phenoxy) is 2. The summed E-state index contributed by atoms with van der Waals surface area (Å²) in [6, 6.07) is 12.6. The van der Waals surface area contributed by atoms with Crippen LogP contribution in [0.1, 0.15) is 81.7 Å². The van der Waals surface area contributed by atoms with E-state index in [0.717, 1.165) is 29.3 Å². The molecular formula is C34H32N3NaO6. The van der Waals surface area contributed by atoms with E-state index in [1.807, 2.05) is 42.3 Å². The Morgan fingerprint density at radius 2 is 1.82 bits per heavy atom. The SMILES string of the molecule is CCOc1cc(C(=O)N2CCC3(CC2)CC(=O)c2cc(-c4cncc(C(=O)O)c4)ccc2O3)cc2c(C3CC3)nccc12.[NaH]. The Bertz CT molecular complexity index is 1800. The molecule has 0 radical (unpaired) electrons. The third kappa shape index (κ3) is 5.60. The molecule has 9 nitrogen and oxygen atoms in total. The molecule has 2 aromatic heterocycles. The van der Waals surface area contributed by atoms with Crippen LogP contribution in [0.2, 0.25) is 0 Å². The number of carbonyl (C=O) groups is 3. The molecule has 3 aliphatic rings. The number of ketones is 1. The number of aromatic nitrogens is 2. The van der Waals surface area contributed by atoms with Crippen LogP contribution >= 0.6 is 0 Å². The molecule has 1 saturated carbocycles. The van der Waals surface area contributed by atoms with Crippen molar-refractivity contribution in [1.29, 1.82) is 0 Å². The molecule has 220 valence electrons. The van der Waals surface area contributed by atoms with Crippen LogP contribution in [0.3, 0.4) is 0 Å². The number of hydrogen-bond acceptors (Lipinski definition) is 7. The minimum absolute atomic E-state index is 0. The van der Waals surface area contributed by atoms with Crippen LogP contribution in [0.5, 0.6) is 11.5 Å². The normalized spacial score (nSPS) is 17.0. The van der Waals surface area contributed by atoms with Crippen LogP contribution in [-0.2, 0) is 0 Å². The summed E-state index contributed by atoms with van der Waals surface area (Å²) in [6.07, 6.45) is 8.21. The van der Waals surface area contributed by atoms with E-state index in [9.17, 15) is 19.5 Å². The molecular weight excluding hydrogens is 569 g/mol. The van der Waals surface area contributed by atoms with Crippen molar-refractivity contribution >= 4 is 58.0 Å². The van der Waals surface area contributed by atoms with E-state index < -0.39 is 11.6 Å². The van der Waals surface area contributed by atoms with Crippen LogP contribution in [0.15, 0.2) is 61.1 Å². The van der Waals surface area contributed by atoms with Gasteiger partial charge in [0.05, 0.1) is 29.8 Å². The van der Waals surface area contributed by atoms with Gasteiger partial charge in [-0.25, -0.2) is 4.79 Å². The number of fused-ring (bicyclic) bond motifs is 2. The van der Waals surface area contributed by atoms with E-state index in [4.69, 9.17) is 9.47 Å². The van der Waals surface area contributed by atoms with Gasteiger partial charge in [-0.15, -0.1) is 0 Å². The first-order chi connectivity index (χ1) is 20.8. The molecule has 4 heterocycles. The van der Waals surface area contributed by atoms with Gasteiger partial charge >= 0.3 is 35.5 Å². The first-order valence-corrected chi connectivity index (χ1v) is 14.7. The number of pyridine rings is 2. The number of aromatic carboxylic acids is 1.